The third kappa shape index (κ3) is 3.24. The molecule has 0 radical (unpaired) electrons. The zero-order chi connectivity index (χ0) is 19.2. The summed E-state index contributed by atoms with van der Waals surface area (Å²) in [4.78, 5) is 1.68. The normalized spacial score (nSPS) is 11.8. The van der Waals surface area contributed by atoms with Gasteiger partial charge in [-0.05, 0) is 51.5 Å². The van der Waals surface area contributed by atoms with Gasteiger partial charge in [-0.25, -0.2) is 12.8 Å². The maximum atomic E-state index is 13.3. The van der Waals surface area contributed by atoms with Crippen molar-refractivity contribution in [2.45, 2.75) is 32.6 Å². The fourth-order valence-corrected chi connectivity index (χ4v) is 5.85. The number of sulfonamides is 1. The van der Waals surface area contributed by atoms with Crippen molar-refractivity contribution in [3.63, 3.8) is 0 Å². The number of H-pyrrole nitrogens is 1. The molecule has 3 aromatic rings. The summed E-state index contributed by atoms with van der Waals surface area (Å²) in [5.74, 6) is -0.611. The number of aromatic amines is 1. The summed E-state index contributed by atoms with van der Waals surface area (Å²) in [6.07, 6.45) is 0. The number of hydrogen-bond donors (Lipinski definition) is 2. The van der Waals surface area contributed by atoms with Gasteiger partial charge >= 0.3 is 0 Å². The summed E-state index contributed by atoms with van der Waals surface area (Å²) in [6, 6.07) is 3.69. The van der Waals surface area contributed by atoms with Gasteiger partial charge in [-0.3, -0.25) is 9.82 Å². The van der Waals surface area contributed by atoms with Crippen LogP contribution in [0.5, 0.6) is 0 Å². The predicted octanol–water partition coefficient (Wildman–Crippen LogP) is 4.97. The van der Waals surface area contributed by atoms with Crippen molar-refractivity contribution >= 4 is 38.6 Å². The van der Waals surface area contributed by atoms with Gasteiger partial charge in [0.1, 0.15) is 10.7 Å². The van der Waals surface area contributed by atoms with Crippen molar-refractivity contribution in [3.8, 4) is 11.3 Å². The minimum Gasteiger partial charge on any atom is -0.282 e. The molecule has 0 aliphatic heterocycles. The molecule has 0 aliphatic carbocycles. The number of benzene rings is 1. The van der Waals surface area contributed by atoms with Gasteiger partial charge in [-0.2, -0.15) is 5.10 Å². The lowest BCUT2D eigenvalue weighted by atomic mass is 10.1. The molecule has 0 bridgehead atoms. The minimum absolute atomic E-state index is 0.151. The van der Waals surface area contributed by atoms with Gasteiger partial charge in [-0.1, -0.05) is 11.6 Å². The molecule has 0 amide bonds. The van der Waals surface area contributed by atoms with E-state index in [1.165, 1.54) is 23.5 Å². The lowest BCUT2D eigenvalue weighted by Gasteiger charge is -2.11. The Morgan fingerprint density at radius 1 is 1.19 bits per heavy atom. The van der Waals surface area contributed by atoms with E-state index in [0.29, 0.717) is 16.1 Å². The van der Waals surface area contributed by atoms with E-state index in [9.17, 15) is 12.8 Å². The molecular formula is C17H17ClFN3O2S2. The zero-order valence-corrected chi connectivity index (χ0v) is 17.0. The van der Waals surface area contributed by atoms with Gasteiger partial charge < -0.3 is 0 Å². The highest BCUT2D eigenvalue weighted by Crippen LogP contribution is 2.40. The molecule has 26 heavy (non-hydrogen) atoms. The minimum atomic E-state index is -3.91. The Kier molecular flexibility index (Phi) is 4.85. The molecule has 138 valence electrons. The molecule has 0 unspecified atom stereocenters. The van der Waals surface area contributed by atoms with Crippen molar-refractivity contribution in [3.05, 3.63) is 50.1 Å². The van der Waals surface area contributed by atoms with Crippen LogP contribution in [0.1, 0.15) is 21.0 Å². The number of hydrogen-bond acceptors (Lipinski definition) is 4. The van der Waals surface area contributed by atoms with Crippen molar-refractivity contribution < 1.29 is 12.8 Å². The van der Waals surface area contributed by atoms with E-state index in [1.54, 1.807) is 6.92 Å². The number of rotatable bonds is 4. The van der Waals surface area contributed by atoms with Crippen LogP contribution in [0.3, 0.4) is 0 Å². The Hall–Kier alpha value is -1.90. The quantitative estimate of drug-likeness (QED) is 0.634. The molecule has 0 saturated carbocycles. The van der Waals surface area contributed by atoms with Crippen LogP contribution < -0.4 is 4.72 Å². The second-order valence-corrected chi connectivity index (χ2v) is 9.43. The summed E-state index contributed by atoms with van der Waals surface area (Å²) in [7, 11) is -3.91. The Morgan fingerprint density at radius 3 is 2.46 bits per heavy atom. The van der Waals surface area contributed by atoms with Crippen LogP contribution in [0.4, 0.5) is 10.1 Å². The van der Waals surface area contributed by atoms with Crippen LogP contribution in [0.15, 0.2) is 23.1 Å². The number of aromatic nitrogens is 2. The highest BCUT2D eigenvalue weighted by Gasteiger charge is 2.28. The fraction of sp³-hybridized carbons (Fsp3) is 0.235. The number of thiophene rings is 1. The number of aryl methyl sites for hydroxylation is 3. The van der Waals surface area contributed by atoms with Gasteiger partial charge in [0.05, 0.1) is 16.4 Å². The third-order valence-corrected chi connectivity index (χ3v) is 7.13. The van der Waals surface area contributed by atoms with Crippen LogP contribution in [0, 0.1) is 33.5 Å². The first-order valence-corrected chi connectivity index (χ1v) is 10.4. The van der Waals surface area contributed by atoms with Crippen molar-refractivity contribution in [2.24, 2.45) is 0 Å². The maximum absolute atomic E-state index is 13.3. The second-order valence-electron chi connectivity index (χ2n) is 5.98. The first kappa shape index (κ1) is 18.9. The number of nitrogens with zero attached hydrogens (tertiary/aromatic N) is 1. The molecule has 1 aromatic carbocycles. The molecule has 3 rings (SSSR count). The van der Waals surface area contributed by atoms with Crippen molar-refractivity contribution in [1.29, 1.82) is 0 Å². The van der Waals surface area contributed by atoms with Crippen LogP contribution in [0.25, 0.3) is 11.3 Å². The first-order chi connectivity index (χ1) is 12.1. The average molecular weight is 414 g/mol. The van der Waals surface area contributed by atoms with Gasteiger partial charge in [0.25, 0.3) is 10.0 Å². The maximum Gasteiger partial charge on any atom is 0.263 e. The SMILES string of the molecule is Cc1[nH]nc(-c2c(C)sc(C)c2S(=O)(=O)Nc2ccc(F)c(Cl)c2)c1C. The number of anilines is 1. The summed E-state index contributed by atoms with van der Waals surface area (Å²) in [5.41, 5.74) is 3.16. The lowest BCUT2D eigenvalue weighted by molar-refractivity contribution is 0.601. The number of nitrogens with one attached hydrogen (secondary N) is 2. The monoisotopic (exact) mass is 413 g/mol. The standard InChI is InChI=1S/C17H17ClFN3O2S2/c1-8-9(2)20-21-16(8)15-10(3)25-11(4)17(15)26(23,24)22-12-5-6-14(19)13(18)7-12/h5-7,22H,1-4H3,(H,20,21). The third-order valence-electron chi connectivity index (χ3n) is 4.14. The molecule has 2 N–H and O–H groups in total. The molecule has 0 fully saturated rings. The van der Waals surface area contributed by atoms with Crippen LogP contribution >= 0.6 is 22.9 Å². The van der Waals surface area contributed by atoms with E-state index in [-0.39, 0.29) is 15.6 Å². The molecule has 0 saturated heterocycles. The Morgan fingerprint density at radius 2 is 1.88 bits per heavy atom. The fourth-order valence-electron chi connectivity index (χ4n) is 2.76. The van der Waals surface area contributed by atoms with Crippen LogP contribution in [-0.2, 0) is 10.0 Å². The van der Waals surface area contributed by atoms with E-state index in [4.69, 9.17) is 11.6 Å². The molecule has 9 heteroatoms. The molecule has 0 spiro atoms. The van der Waals surface area contributed by atoms with E-state index in [2.05, 4.69) is 14.9 Å². The topological polar surface area (TPSA) is 74.8 Å². The Bertz CT molecular complexity index is 1100. The molecule has 0 atom stereocenters. The molecule has 0 aliphatic rings. The summed E-state index contributed by atoms with van der Waals surface area (Å²) in [6.45, 7) is 7.39. The lowest BCUT2D eigenvalue weighted by Crippen LogP contribution is -2.14. The van der Waals surface area contributed by atoms with Crippen molar-refractivity contribution in [1.82, 2.24) is 10.2 Å². The predicted molar refractivity (Wildman–Crippen MR) is 103 cm³/mol. The molecule has 2 aromatic heterocycles. The Balaban J connectivity index is 2.13. The van der Waals surface area contributed by atoms with Gasteiger partial charge in [-0.15, -0.1) is 11.3 Å². The van der Waals surface area contributed by atoms with E-state index >= 15 is 0 Å². The summed E-state index contributed by atoms with van der Waals surface area (Å²) >= 11 is 7.15. The Labute approximate surface area is 160 Å². The molecule has 2 heterocycles. The summed E-state index contributed by atoms with van der Waals surface area (Å²) in [5, 5.41) is 7.03. The number of halogens is 2. The zero-order valence-electron chi connectivity index (χ0n) is 14.6. The molecule has 5 nitrogen and oxygen atoms in total. The average Bonchev–Trinajstić information content (AvgIpc) is 3.02. The molecular weight excluding hydrogens is 397 g/mol. The highest BCUT2D eigenvalue weighted by molar-refractivity contribution is 7.93. The smallest absolute Gasteiger partial charge is 0.263 e. The van der Waals surface area contributed by atoms with Gasteiger partial charge in [0.2, 0.25) is 0 Å². The highest BCUT2D eigenvalue weighted by atomic mass is 35.5. The van der Waals surface area contributed by atoms with Gasteiger partial charge in [0.15, 0.2) is 0 Å². The second kappa shape index (κ2) is 6.68. The largest absolute Gasteiger partial charge is 0.282 e. The van der Waals surface area contributed by atoms with E-state index < -0.39 is 15.8 Å². The van der Waals surface area contributed by atoms with E-state index in [0.717, 1.165) is 22.2 Å². The van der Waals surface area contributed by atoms with Gasteiger partial charge in [0, 0.05) is 21.0 Å². The summed E-state index contributed by atoms with van der Waals surface area (Å²) < 4.78 is 41.9. The van der Waals surface area contributed by atoms with Crippen molar-refractivity contribution in [2.75, 3.05) is 4.72 Å². The first-order valence-electron chi connectivity index (χ1n) is 7.71. The van der Waals surface area contributed by atoms with Crippen LogP contribution in [-0.4, -0.2) is 18.6 Å². The van der Waals surface area contributed by atoms with E-state index in [1.807, 2.05) is 20.8 Å². The van der Waals surface area contributed by atoms with Crippen LogP contribution in [0.2, 0.25) is 5.02 Å².